The maximum Gasteiger partial charge on any atom is 0.413 e. The molecule has 0 bridgehead atoms. The minimum absolute atomic E-state index is 0.458. The van der Waals surface area contributed by atoms with E-state index >= 15 is 0 Å². The normalized spacial score (nSPS) is 9.61. The lowest BCUT2D eigenvalue weighted by Crippen LogP contribution is -2.26. The Bertz CT molecular complexity index is 407. The van der Waals surface area contributed by atoms with E-state index in [1.807, 2.05) is 0 Å². The summed E-state index contributed by atoms with van der Waals surface area (Å²) in [5, 5.41) is 0. The Kier molecular flexibility index (Phi) is 4.65. The first kappa shape index (κ1) is 14.0. The lowest BCUT2D eigenvalue weighted by molar-refractivity contribution is 0.180. The summed E-state index contributed by atoms with van der Waals surface area (Å²) in [6.07, 6.45) is -0.517. The third-order valence-electron chi connectivity index (χ3n) is 2.47. The number of methoxy groups -OCH3 is 4. The predicted octanol–water partition coefficient (Wildman–Crippen LogP) is 1.91. The summed E-state index contributed by atoms with van der Waals surface area (Å²) in [7, 11) is 7.42. The van der Waals surface area contributed by atoms with Crippen LogP contribution in [0.3, 0.4) is 0 Å². The fourth-order valence-corrected chi connectivity index (χ4v) is 1.55. The van der Waals surface area contributed by atoms with E-state index in [9.17, 15) is 4.79 Å². The summed E-state index contributed by atoms with van der Waals surface area (Å²) in [5.41, 5.74) is 0.479. The monoisotopic (exact) mass is 255 g/mol. The highest BCUT2D eigenvalue weighted by Gasteiger charge is 2.21. The van der Waals surface area contributed by atoms with E-state index in [1.54, 1.807) is 19.2 Å². The van der Waals surface area contributed by atoms with Crippen molar-refractivity contribution in [2.45, 2.75) is 0 Å². The van der Waals surface area contributed by atoms with E-state index < -0.39 is 6.09 Å². The molecular formula is C12H17NO5. The van der Waals surface area contributed by atoms with Crippen LogP contribution in [-0.2, 0) is 4.74 Å². The number of nitrogens with zero attached hydrogens (tertiary/aromatic N) is 1. The fraction of sp³-hybridized carbons (Fsp3) is 0.417. The van der Waals surface area contributed by atoms with Gasteiger partial charge in [0.2, 0.25) is 0 Å². The van der Waals surface area contributed by atoms with E-state index in [0.717, 1.165) is 0 Å². The van der Waals surface area contributed by atoms with Crippen molar-refractivity contribution in [1.82, 2.24) is 0 Å². The molecule has 18 heavy (non-hydrogen) atoms. The van der Waals surface area contributed by atoms with E-state index in [-0.39, 0.29) is 0 Å². The van der Waals surface area contributed by atoms with Crippen LogP contribution in [-0.4, -0.2) is 41.6 Å². The van der Waals surface area contributed by atoms with E-state index in [0.29, 0.717) is 22.9 Å². The van der Waals surface area contributed by atoms with Crippen molar-refractivity contribution < 1.29 is 23.7 Å². The number of hydrogen-bond acceptors (Lipinski definition) is 5. The number of ether oxygens (including phenoxy) is 4. The van der Waals surface area contributed by atoms with Crippen LogP contribution >= 0.6 is 0 Å². The number of benzene rings is 1. The Labute approximate surface area is 106 Å². The van der Waals surface area contributed by atoms with Gasteiger partial charge in [0.25, 0.3) is 0 Å². The van der Waals surface area contributed by atoms with Gasteiger partial charge in [0.05, 0.1) is 28.4 Å². The Morgan fingerprint density at radius 2 is 1.50 bits per heavy atom. The SMILES string of the molecule is COC(=O)N(C)c1c(OC)cc(OC)cc1OC. The molecule has 0 aliphatic rings. The smallest absolute Gasteiger partial charge is 0.413 e. The second-order valence-corrected chi connectivity index (χ2v) is 3.41. The summed E-state index contributed by atoms with van der Waals surface area (Å²) in [6, 6.07) is 3.33. The average Bonchev–Trinajstić information content (AvgIpc) is 2.43. The second-order valence-electron chi connectivity index (χ2n) is 3.41. The van der Waals surface area contributed by atoms with Crippen molar-refractivity contribution >= 4 is 11.8 Å². The zero-order valence-electron chi connectivity index (χ0n) is 11.1. The van der Waals surface area contributed by atoms with Crippen LogP contribution in [0, 0.1) is 0 Å². The quantitative estimate of drug-likeness (QED) is 0.822. The molecule has 0 spiro atoms. The zero-order valence-corrected chi connectivity index (χ0v) is 11.1. The molecule has 0 atom stereocenters. The lowest BCUT2D eigenvalue weighted by atomic mass is 10.2. The van der Waals surface area contributed by atoms with Crippen molar-refractivity contribution in [2.24, 2.45) is 0 Å². The van der Waals surface area contributed by atoms with Gasteiger partial charge >= 0.3 is 6.09 Å². The van der Waals surface area contributed by atoms with Gasteiger partial charge in [-0.15, -0.1) is 0 Å². The minimum atomic E-state index is -0.517. The number of anilines is 1. The van der Waals surface area contributed by atoms with Crippen LogP contribution in [0.1, 0.15) is 0 Å². The van der Waals surface area contributed by atoms with Gasteiger partial charge in [-0.05, 0) is 0 Å². The van der Waals surface area contributed by atoms with Crippen molar-refractivity contribution in [1.29, 1.82) is 0 Å². The maximum absolute atomic E-state index is 11.6. The third kappa shape index (κ3) is 2.58. The van der Waals surface area contributed by atoms with Crippen molar-refractivity contribution in [3.05, 3.63) is 12.1 Å². The minimum Gasteiger partial charge on any atom is -0.496 e. The number of hydrogen-bond donors (Lipinski definition) is 0. The molecule has 6 heteroatoms. The predicted molar refractivity (Wildman–Crippen MR) is 66.9 cm³/mol. The first-order chi connectivity index (χ1) is 8.58. The molecule has 0 aliphatic heterocycles. The zero-order chi connectivity index (χ0) is 13.7. The Morgan fingerprint density at radius 1 is 1.00 bits per heavy atom. The summed E-state index contributed by atoms with van der Waals surface area (Å²) in [4.78, 5) is 12.9. The number of carbonyl (C=O) groups is 1. The molecule has 100 valence electrons. The van der Waals surface area contributed by atoms with Crippen molar-refractivity contribution in [3.8, 4) is 17.2 Å². The molecule has 0 saturated carbocycles. The van der Waals surface area contributed by atoms with Crippen LogP contribution < -0.4 is 19.1 Å². The van der Waals surface area contributed by atoms with Crippen molar-refractivity contribution in [3.63, 3.8) is 0 Å². The van der Waals surface area contributed by atoms with Crippen LogP contribution in [0.4, 0.5) is 10.5 Å². The highest BCUT2D eigenvalue weighted by molar-refractivity contribution is 5.91. The third-order valence-corrected chi connectivity index (χ3v) is 2.47. The second kappa shape index (κ2) is 6.00. The average molecular weight is 255 g/mol. The highest BCUT2D eigenvalue weighted by Crippen LogP contribution is 2.41. The molecule has 0 N–H and O–H groups in total. The first-order valence-corrected chi connectivity index (χ1v) is 5.20. The number of rotatable bonds is 4. The van der Waals surface area contributed by atoms with Gasteiger partial charge in [-0.2, -0.15) is 0 Å². The maximum atomic E-state index is 11.6. The van der Waals surface area contributed by atoms with Gasteiger partial charge in [-0.1, -0.05) is 0 Å². The summed E-state index contributed by atoms with van der Waals surface area (Å²) in [6.45, 7) is 0. The Morgan fingerprint density at radius 3 is 1.83 bits per heavy atom. The van der Waals surface area contributed by atoms with E-state index in [4.69, 9.17) is 14.2 Å². The van der Waals surface area contributed by atoms with Gasteiger partial charge in [0.15, 0.2) is 0 Å². The molecule has 0 aromatic heterocycles. The standard InChI is InChI=1S/C12H17NO5/c1-13(12(14)18-5)11-9(16-3)6-8(15-2)7-10(11)17-4/h6-7H,1-5H3. The fourth-order valence-electron chi connectivity index (χ4n) is 1.55. The molecule has 0 heterocycles. The van der Waals surface area contributed by atoms with Gasteiger partial charge in [0.1, 0.15) is 22.9 Å². The largest absolute Gasteiger partial charge is 0.496 e. The molecule has 0 saturated heterocycles. The molecule has 0 radical (unpaired) electrons. The summed E-state index contributed by atoms with van der Waals surface area (Å²) in [5.74, 6) is 1.49. The van der Waals surface area contributed by atoms with E-state index in [2.05, 4.69) is 4.74 Å². The topological polar surface area (TPSA) is 57.2 Å². The lowest BCUT2D eigenvalue weighted by Gasteiger charge is -2.21. The van der Waals surface area contributed by atoms with Crippen LogP contribution in [0.25, 0.3) is 0 Å². The Balaban J connectivity index is 3.35. The van der Waals surface area contributed by atoms with Crippen LogP contribution in [0.2, 0.25) is 0 Å². The molecule has 6 nitrogen and oxygen atoms in total. The molecule has 1 aromatic rings. The van der Waals surface area contributed by atoms with Crippen LogP contribution in [0.5, 0.6) is 17.2 Å². The van der Waals surface area contributed by atoms with Gasteiger partial charge in [-0.25, -0.2) is 4.79 Å². The molecule has 0 aliphatic carbocycles. The number of amides is 1. The molecule has 0 unspecified atom stereocenters. The summed E-state index contributed by atoms with van der Waals surface area (Å²) >= 11 is 0. The van der Waals surface area contributed by atoms with Gasteiger partial charge in [-0.3, -0.25) is 4.90 Å². The van der Waals surface area contributed by atoms with E-state index in [1.165, 1.54) is 33.3 Å². The molecular weight excluding hydrogens is 238 g/mol. The van der Waals surface area contributed by atoms with Gasteiger partial charge < -0.3 is 18.9 Å². The highest BCUT2D eigenvalue weighted by atomic mass is 16.5. The first-order valence-electron chi connectivity index (χ1n) is 5.20. The van der Waals surface area contributed by atoms with Crippen LogP contribution in [0.15, 0.2) is 12.1 Å². The van der Waals surface area contributed by atoms with Gasteiger partial charge in [0, 0.05) is 19.2 Å². The molecule has 1 amide bonds. The molecule has 0 fully saturated rings. The molecule has 1 rings (SSSR count). The van der Waals surface area contributed by atoms with Crippen molar-refractivity contribution in [2.75, 3.05) is 40.4 Å². The number of carbonyl (C=O) groups excluding carboxylic acids is 1. The summed E-state index contributed by atoms with van der Waals surface area (Å²) < 4.78 is 20.3. The Hall–Kier alpha value is -2.11. The molecule has 1 aromatic carbocycles.